The molecule has 6 nitrogen and oxygen atoms in total. The average Bonchev–Trinajstić information content (AvgIpc) is 3.14. The van der Waals surface area contributed by atoms with E-state index in [1.54, 1.807) is 4.68 Å². The van der Waals surface area contributed by atoms with Crippen molar-refractivity contribution in [3.8, 4) is 11.3 Å². The molecule has 0 saturated carbocycles. The second kappa shape index (κ2) is 7.34. The third-order valence-corrected chi connectivity index (χ3v) is 3.77. The van der Waals surface area contributed by atoms with E-state index in [2.05, 4.69) is 29.4 Å². The van der Waals surface area contributed by atoms with Gasteiger partial charge in [0, 0.05) is 31.4 Å². The van der Waals surface area contributed by atoms with Gasteiger partial charge in [0.05, 0.1) is 17.8 Å². The number of nitrogens with one attached hydrogen (secondary N) is 1. The van der Waals surface area contributed by atoms with Gasteiger partial charge in [-0.15, -0.1) is 0 Å². The summed E-state index contributed by atoms with van der Waals surface area (Å²) < 4.78 is 3.56. The minimum Gasteiger partial charge on any atom is -0.311 e. The number of nitrogens with zero attached hydrogens (tertiary/aromatic N) is 4. The van der Waals surface area contributed by atoms with Gasteiger partial charge < -0.3 is 5.32 Å². The van der Waals surface area contributed by atoms with Gasteiger partial charge in [0.25, 0.3) is 0 Å². The summed E-state index contributed by atoms with van der Waals surface area (Å²) >= 11 is 0. The lowest BCUT2D eigenvalue weighted by Gasteiger charge is -2.10. The third kappa shape index (κ3) is 4.35. The summed E-state index contributed by atoms with van der Waals surface area (Å²) in [5, 5.41) is 11.9. The second-order valence-electron chi connectivity index (χ2n) is 6.56. The van der Waals surface area contributed by atoms with E-state index >= 15 is 0 Å². The van der Waals surface area contributed by atoms with Crippen LogP contribution in [0.4, 0.5) is 5.82 Å². The summed E-state index contributed by atoms with van der Waals surface area (Å²) in [6, 6.07) is 13.7. The number of aryl methyl sites for hydroxylation is 1. The molecule has 3 aromatic rings. The van der Waals surface area contributed by atoms with Crippen molar-refractivity contribution in [3.05, 3.63) is 54.4 Å². The monoisotopic (exact) mass is 337 g/mol. The van der Waals surface area contributed by atoms with Crippen molar-refractivity contribution >= 4 is 11.7 Å². The van der Waals surface area contributed by atoms with Crippen LogP contribution in [0.25, 0.3) is 11.3 Å². The van der Waals surface area contributed by atoms with Crippen LogP contribution in [0.3, 0.4) is 0 Å². The number of amides is 1. The van der Waals surface area contributed by atoms with E-state index in [0.29, 0.717) is 11.7 Å². The molecule has 0 atom stereocenters. The van der Waals surface area contributed by atoms with Gasteiger partial charge in [0.15, 0.2) is 0 Å². The zero-order valence-corrected chi connectivity index (χ0v) is 14.8. The van der Waals surface area contributed by atoms with Crippen LogP contribution in [0.5, 0.6) is 0 Å². The molecule has 130 valence electrons. The number of carbonyl (C=O) groups excluding carboxylic acids is 1. The summed E-state index contributed by atoms with van der Waals surface area (Å²) in [6.45, 7) is 5.00. The lowest BCUT2D eigenvalue weighted by Crippen LogP contribution is -2.19. The lowest BCUT2D eigenvalue weighted by atomic mass is 10.1. The van der Waals surface area contributed by atoms with Crippen LogP contribution in [0.1, 0.15) is 19.5 Å². The van der Waals surface area contributed by atoms with Gasteiger partial charge in [-0.25, -0.2) is 4.68 Å². The summed E-state index contributed by atoms with van der Waals surface area (Å²) in [7, 11) is 1.84. The number of hydrogen-bond donors (Lipinski definition) is 1. The smallest absolute Gasteiger partial charge is 0.231 e. The molecule has 0 aliphatic carbocycles. The van der Waals surface area contributed by atoms with E-state index in [4.69, 9.17) is 0 Å². The normalized spacial score (nSPS) is 11.0. The molecule has 0 spiro atoms. The van der Waals surface area contributed by atoms with Gasteiger partial charge in [-0.3, -0.25) is 9.48 Å². The van der Waals surface area contributed by atoms with Gasteiger partial charge in [-0.05, 0) is 12.0 Å². The molecule has 3 rings (SSSR count). The summed E-state index contributed by atoms with van der Waals surface area (Å²) in [6.07, 6.45) is 2.08. The van der Waals surface area contributed by atoms with Crippen molar-refractivity contribution in [2.45, 2.75) is 26.8 Å². The van der Waals surface area contributed by atoms with Crippen molar-refractivity contribution < 1.29 is 4.79 Å². The molecular weight excluding hydrogens is 314 g/mol. The van der Waals surface area contributed by atoms with Crippen molar-refractivity contribution in [2.75, 3.05) is 5.32 Å². The fourth-order valence-corrected chi connectivity index (χ4v) is 2.66. The van der Waals surface area contributed by atoms with Crippen molar-refractivity contribution in [3.63, 3.8) is 0 Å². The highest BCUT2D eigenvalue weighted by Gasteiger charge is 2.14. The predicted molar refractivity (Wildman–Crippen MR) is 98.0 cm³/mol. The highest BCUT2D eigenvalue weighted by atomic mass is 16.1. The van der Waals surface area contributed by atoms with Crippen LogP contribution in [-0.2, 0) is 24.8 Å². The molecule has 6 heteroatoms. The Bertz CT molecular complexity index is 848. The summed E-state index contributed by atoms with van der Waals surface area (Å²) in [5.41, 5.74) is 2.64. The first-order chi connectivity index (χ1) is 12.0. The summed E-state index contributed by atoms with van der Waals surface area (Å²) in [5.74, 6) is 1.05. The van der Waals surface area contributed by atoms with E-state index in [1.165, 1.54) is 0 Å². The SMILES string of the molecule is CC(C)Cn1nc(-c2ccccc2)cc1NC(=O)Cc1ccn(C)n1. The fraction of sp³-hybridized carbons (Fsp3) is 0.316. The number of hydrogen-bond acceptors (Lipinski definition) is 3. The highest BCUT2D eigenvalue weighted by molar-refractivity contribution is 5.91. The Hall–Kier alpha value is -2.89. The maximum absolute atomic E-state index is 12.4. The maximum atomic E-state index is 12.4. The summed E-state index contributed by atoms with van der Waals surface area (Å²) in [4.78, 5) is 12.4. The number of benzene rings is 1. The van der Waals surface area contributed by atoms with E-state index in [0.717, 1.165) is 23.5 Å². The highest BCUT2D eigenvalue weighted by Crippen LogP contribution is 2.22. The molecule has 0 aliphatic rings. The molecule has 2 heterocycles. The van der Waals surface area contributed by atoms with E-state index in [-0.39, 0.29) is 12.3 Å². The van der Waals surface area contributed by atoms with Crippen molar-refractivity contribution in [1.29, 1.82) is 0 Å². The maximum Gasteiger partial charge on any atom is 0.231 e. The first-order valence-electron chi connectivity index (χ1n) is 8.43. The third-order valence-electron chi connectivity index (χ3n) is 3.77. The number of aromatic nitrogens is 4. The van der Waals surface area contributed by atoms with Crippen molar-refractivity contribution in [2.24, 2.45) is 13.0 Å². The Morgan fingerprint density at radius 1 is 1.16 bits per heavy atom. The second-order valence-corrected chi connectivity index (χ2v) is 6.56. The molecule has 0 radical (unpaired) electrons. The zero-order chi connectivity index (χ0) is 17.8. The lowest BCUT2D eigenvalue weighted by molar-refractivity contribution is -0.115. The quantitative estimate of drug-likeness (QED) is 0.751. The zero-order valence-electron chi connectivity index (χ0n) is 14.8. The fourth-order valence-electron chi connectivity index (χ4n) is 2.66. The Morgan fingerprint density at radius 2 is 1.92 bits per heavy atom. The molecule has 1 amide bonds. The molecule has 0 aliphatic heterocycles. The van der Waals surface area contributed by atoms with E-state index < -0.39 is 0 Å². The molecule has 2 aromatic heterocycles. The molecule has 0 saturated heterocycles. The van der Waals surface area contributed by atoms with Gasteiger partial charge in [-0.1, -0.05) is 44.2 Å². The Morgan fingerprint density at radius 3 is 2.56 bits per heavy atom. The molecule has 0 fully saturated rings. The standard InChI is InChI=1S/C19H23N5O/c1-14(2)13-24-18(12-17(22-24)15-7-5-4-6-8-15)20-19(25)11-16-9-10-23(3)21-16/h4-10,12,14H,11,13H2,1-3H3,(H,20,25). The first-order valence-corrected chi connectivity index (χ1v) is 8.43. The number of carbonyl (C=O) groups is 1. The molecule has 0 unspecified atom stereocenters. The predicted octanol–water partition coefficient (Wildman–Crippen LogP) is 3.12. The van der Waals surface area contributed by atoms with Crippen LogP contribution in [-0.4, -0.2) is 25.5 Å². The Labute approximate surface area is 147 Å². The molecule has 0 bridgehead atoms. The molecule has 25 heavy (non-hydrogen) atoms. The van der Waals surface area contributed by atoms with Gasteiger partial charge >= 0.3 is 0 Å². The molecular formula is C19H23N5O. The molecule has 1 N–H and O–H groups in total. The van der Waals surface area contributed by atoms with Crippen LogP contribution in [0, 0.1) is 5.92 Å². The van der Waals surface area contributed by atoms with Crippen LogP contribution >= 0.6 is 0 Å². The van der Waals surface area contributed by atoms with Crippen LogP contribution in [0.2, 0.25) is 0 Å². The van der Waals surface area contributed by atoms with E-state index in [9.17, 15) is 4.79 Å². The Balaban J connectivity index is 1.80. The van der Waals surface area contributed by atoms with Gasteiger partial charge in [0.2, 0.25) is 5.91 Å². The first kappa shape index (κ1) is 17.0. The van der Waals surface area contributed by atoms with Crippen molar-refractivity contribution in [1.82, 2.24) is 19.6 Å². The van der Waals surface area contributed by atoms with Crippen LogP contribution in [0.15, 0.2) is 48.7 Å². The topological polar surface area (TPSA) is 64.7 Å². The minimum atomic E-state index is -0.0942. The Kier molecular flexibility index (Phi) is 4.97. The number of rotatable bonds is 6. The number of anilines is 1. The van der Waals surface area contributed by atoms with Gasteiger partial charge in [0.1, 0.15) is 5.82 Å². The van der Waals surface area contributed by atoms with Crippen LogP contribution < -0.4 is 5.32 Å². The van der Waals surface area contributed by atoms with Gasteiger partial charge in [-0.2, -0.15) is 10.2 Å². The average molecular weight is 337 g/mol. The largest absolute Gasteiger partial charge is 0.311 e. The minimum absolute atomic E-state index is 0.0942. The molecule has 1 aromatic carbocycles. The van der Waals surface area contributed by atoms with E-state index in [1.807, 2.05) is 60.4 Å².